The zero-order chi connectivity index (χ0) is 7.68. The van der Waals surface area contributed by atoms with Gasteiger partial charge >= 0.3 is 0 Å². The molecule has 0 unspecified atom stereocenters. The van der Waals surface area contributed by atoms with Crippen LogP contribution in [0, 0.1) is 0 Å². The van der Waals surface area contributed by atoms with Crippen LogP contribution in [-0.4, -0.2) is 5.25 Å². The minimum atomic E-state index is 0.840. The van der Waals surface area contributed by atoms with Gasteiger partial charge in [-0.05, 0) is 24.5 Å². The number of benzene rings is 1. The average molecular weight is 164 g/mol. The van der Waals surface area contributed by atoms with Crippen LogP contribution in [0.3, 0.4) is 0 Å². The lowest BCUT2D eigenvalue weighted by Gasteiger charge is -2.00. The summed E-state index contributed by atoms with van der Waals surface area (Å²) in [6.07, 6.45) is 2.57. The number of thioether (sulfide) groups is 1. The van der Waals surface area contributed by atoms with E-state index in [9.17, 15) is 0 Å². The average Bonchev–Trinajstić information content (AvgIpc) is 2.46. The van der Waals surface area contributed by atoms with E-state index in [1.54, 1.807) is 5.56 Å². The van der Waals surface area contributed by atoms with E-state index in [4.69, 9.17) is 0 Å². The second-order valence-corrected chi connectivity index (χ2v) is 4.30. The molecule has 58 valence electrons. The van der Waals surface area contributed by atoms with Crippen molar-refractivity contribution >= 4 is 11.8 Å². The Bertz CT molecular complexity index is 230. The molecule has 0 aromatic heterocycles. The molecule has 0 saturated carbocycles. The minimum Gasteiger partial charge on any atom is -0.122 e. The van der Waals surface area contributed by atoms with Gasteiger partial charge in [0.1, 0.15) is 0 Å². The molecule has 1 atom stereocenters. The third-order valence-corrected chi connectivity index (χ3v) is 3.65. The maximum Gasteiger partial charge on any atom is 0.0133 e. The summed E-state index contributed by atoms with van der Waals surface area (Å²) in [6.45, 7) is 2.27. The van der Waals surface area contributed by atoms with Crippen LogP contribution in [0.1, 0.15) is 18.9 Å². The van der Waals surface area contributed by atoms with Crippen molar-refractivity contribution in [1.29, 1.82) is 0 Å². The van der Waals surface area contributed by atoms with Crippen LogP contribution in [0.25, 0.3) is 0 Å². The highest BCUT2D eigenvalue weighted by molar-refractivity contribution is 8.00. The molecule has 0 fully saturated rings. The predicted octanol–water partition coefficient (Wildman–Crippen LogP) is 3.11. The number of fused-ring (bicyclic) bond motifs is 1. The van der Waals surface area contributed by atoms with Gasteiger partial charge < -0.3 is 0 Å². The molecule has 1 aromatic rings. The largest absolute Gasteiger partial charge is 0.122 e. The first-order valence-corrected chi connectivity index (χ1v) is 5.02. The molecule has 0 radical (unpaired) electrons. The third-order valence-electron chi connectivity index (χ3n) is 2.17. The van der Waals surface area contributed by atoms with E-state index in [0.29, 0.717) is 0 Å². The highest BCUT2D eigenvalue weighted by atomic mass is 32.2. The van der Waals surface area contributed by atoms with E-state index in [1.807, 2.05) is 11.8 Å². The topological polar surface area (TPSA) is 0 Å². The number of hydrogen-bond donors (Lipinski definition) is 0. The lowest BCUT2D eigenvalue weighted by atomic mass is 10.1. The fourth-order valence-corrected chi connectivity index (χ4v) is 2.73. The first-order valence-electron chi connectivity index (χ1n) is 4.14. The molecule has 0 saturated heterocycles. The van der Waals surface area contributed by atoms with Gasteiger partial charge in [-0.3, -0.25) is 0 Å². The molecular weight excluding hydrogens is 152 g/mol. The smallest absolute Gasteiger partial charge is 0.0133 e. The van der Waals surface area contributed by atoms with Gasteiger partial charge in [0, 0.05) is 10.1 Å². The zero-order valence-electron chi connectivity index (χ0n) is 6.71. The summed E-state index contributed by atoms with van der Waals surface area (Å²) in [5, 5.41) is 0.840. The molecule has 1 aliphatic rings. The van der Waals surface area contributed by atoms with E-state index in [-0.39, 0.29) is 0 Å². The molecular formula is C10H12S. The van der Waals surface area contributed by atoms with Crippen LogP contribution in [0.4, 0.5) is 0 Å². The Hall–Kier alpha value is -0.430. The summed E-state index contributed by atoms with van der Waals surface area (Å²) in [7, 11) is 0. The van der Waals surface area contributed by atoms with Crippen molar-refractivity contribution in [3.05, 3.63) is 29.8 Å². The van der Waals surface area contributed by atoms with E-state index >= 15 is 0 Å². The van der Waals surface area contributed by atoms with Crippen LogP contribution in [0.5, 0.6) is 0 Å². The third kappa shape index (κ3) is 1.30. The molecule has 0 spiro atoms. The van der Waals surface area contributed by atoms with Gasteiger partial charge in [-0.2, -0.15) is 0 Å². The van der Waals surface area contributed by atoms with Crippen molar-refractivity contribution in [2.45, 2.75) is 29.9 Å². The molecule has 1 heterocycles. The van der Waals surface area contributed by atoms with Gasteiger partial charge in [-0.15, -0.1) is 11.8 Å². The van der Waals surface area contributed by atoms with Gasteiger partial charge in [-0.25, -0.2) is 0 Å². The quantitative estimate of drug-likeness (QED) is 0.614. The minimum absolute atomic E-state index is 0.840. The van der Waals surface area contributed by atoms with Crippen LogP contribution in [0.2, 0.25) is 0 Å². The molecule has 1 aromatic carbocycles. The van der Waals surface area contributed by atoms with Crippen LogP contribution in [0.15, 0.2) is 29.2 Å². The predicted molar refractivity (Wildman–Crippen MR) is 50.1 cm³/mol. The summed E-state index contributed by atoms with van der Waals surface area (Å²) in [4.78, 5) is 1.50. The highest BCUT2D eigenvalue weighted by Crippen LogP contribution is 2.37. The maximum absolute atomic E-state index is 2.27. The van der Waals surface area contributed by atoms with Crippen molar-refractivity contribution in [3.8, 4) is 0 Å². The molecule has 0 nitrogen and oxygen atoms in total. The molecule has 0 amide bonds. The molecule has 0 aliphatic carbocycles. The lowest BCUT2D eigenvalue weighted by Crippen LogP contribution is -1.96. The molecule has 2 rings (SSSR count). The van der Waals surface area contributed by atoms with Crippen molar-refractivity contribution in [3.63, 3.8) is 0 Å². The van der Waals surface area contributed by atoms with Crippen LogP contribution >= 0.6 is 11.8 Å². The standard InChI is InChI=1S/C10H12S/c1-2-9-7-8-5-3-4-6-10(8)11-9/h3-6,9H,2,7H2,1H3/t9-/m0/s1. The first kappa shape index (κ1) is 7.23. The van der Waals surface area contributed by atoms with E-state index in [0.717, 1.165) is 5.25 Å². The van der Waals surface area contributed by atoms with Gasteiger partial charge in [0.05, 0.1) is 0 Å². The van der Waals surface area contributed by atoms with E-state index in [1.165, 1.54) is 17.7 Å². The van der Waals surface area contributed by atoms with Crippen molar-refractivity contribution < 1.29 is 0 Å². The fourth-order valence-electron chi connectivity index (χ4n) is 1.48. The Balaban J connectivity index is 2.27. The Kier molecular flexibility index (Phi) is 1.91. The van der Waals surface area contributed by atoms with Gasteiger partial charge in [0.25, 0.3) is 0 Å². The van der Waals surface area contributed by atoms with Crippen LogP contribution < -0.4 is 0 Å². The molecule has 0 N–H and O–H groups in total. The summed E-state index contributed by atoms with van der Waals surface area (Å²) in [6, 6.07) is 8.74. The molecule has 11 heavy (non-hydrogen) atoms. The van der Waals surface area contributed by atoms with Crippen molar-refractivity contribution in [1.82, 2.24) is 0 Å². The normalized spacial score (nSPS) is 21.7. The van der Waals surface area contributed by atoms with Gasteiger partial charge in [-0.1, -0.05) is 25.1 Å². The van der Waals surface area contributed by atoms with E-state index < -0.39 is 0 Å². The maximum atomic E-state index is 2.27. The fraction of sp³-hybridized carbons (Fsp3) is 0.400. The summed E-state index contributed by atoms with van der Waals surface area (Å²) in [5.74, 6) is 0. The Morgan fingerprint density at radius 3 is 3.00 bits per heavy atom. The van der Waals surface area contributed by atoms with Crippen LogP contribution in [-0.2, 0) is 6.42 Å². The monoisotopic (exact) mass is 164 g/mol. The zero-order valence-corrected chi connectivity index (χ0v) is 7.53. The van der Waals surface area contributed by atoms with Gasteiger partial charge in [0.2, 0.25) is 0 Å². The highest BCUT2D eigenvalue weighted by Gasteiger charge is 2.19. The van der Waals surface area contributed by atoms with Crippen molar-refractivity contribution in [2.75, 3.05) is 0 Å². The SMILES string of the molecule is CC[C@H]1Cc2ccccc2S1. The number of rotatable bonds is 1. The number of hydrogen-bond acceptors (Lipinski definition) is 1. The van der Waals surface area contributed by atoms with E-state index in [2.05, 4.69) is 31.2 Å². The first-order chi connectivity index (χ1) is 5.40. The summed E-state index contributed by atoms with van der Waals surface area (Å²) in [5.41, 5.74) is 1.55. The molecule has 0 bridgehead atoms. The summed E-state index contributed by atoms with van der Waals surface area (Å²) >= 11 is 2.04. The van der Waals surface area contributed by atoms with Gasteiger partial charge in [0.15, 0.2) is 0 Å². The second-order valence-electron chi connectivity index (χ2n) is 2.96. The Morgan fingerprint density at radius 1 is 1.45 bits per heavy atom. The molecule has 1 aliphatic heterocycles. The lowest BCUT2D eigenvalue weighted by molar-refractivity contribution is 0.830. The van der Waals surface area contributed by atoms with Crippen molar-refractivity contribution in [2.24, 2.45) is 0 Å². The second kappa shape index (κ2) is 2.90. The Labute approximate surface area is 72.0 Å². The Morgan fingerprint density at radius 2 is 2.27 bits per heavy atom. The molecule has 1 heteroatoms. The summed E-state index contributed by atoms with van der Waals surface area (Å²) < 4.78 is 0.